The Hall–Kier alpha value is -1.48. The van der Waals surface area contributed by atoms with Crippen molar-refractivity contribution in [3.8, 4) is 0 Å². The number of nitro groups is 1. The molecule has 1 aliphatic rings. The summed E-state index contributed by atoms with van der Waals surface area (Å²) in [5.74, 6) is -0.961. The van der Waals surface area contributed by atoms with E-state index < -0.39 is 10.8 Å². The largest absolute Gasteiger partial charge is 0.455 e. The molecule has 0 radical (unpaired) electrons. The molecule has 7 nitrogen and oxygen atoms in total. The summed E-state index contributed by atoms with van der Waals surface area (Å²) in [6, 6.07) is 2.56. The van der Waals surface area contributed by atoms with E-state index in [-0.39, 0.29) is 24.2 Å². The molecule has 2 rings (SSSR count). The SMILES string of the molecule is O=C(COC(=O)C1CCC1)Nc1c(Br)cc([N+](=O)[O-])cc1Br. The first-order valence-electron chi connectivity index (χ1n) is 6.48. The summed E-state index contributed by atoms with van der Waals surface area (Å²) < 4.78 is 5.64. The second-order valence-corrected chi connectivity index (χ2v) is 6.53. The second-order valence-electron chi connectivity index (χ2n) is 4.83. The third kappa shape index (κ3) is 4.04. The standard InChI is InChI=1S/C13H12Br2N2O5/c14-9-4-8(17(20)21)5-10(15)12(9)16-11(18)6-22-13(19)7-2-1-3-7/h4-5,7H,1-3,6H2,(H,16,18). The van der Waals surface area contributed by atoms with Crippen LogP contribution in [-0.2, 0) is 14.3 Å². The highest BCUT2D eigenvalue weighted by atomic mass is 79.9. The van der Waals surface area contributed by atoms with Crippen LogP contribution >= 0.6 is 31.9 Å². The third-order valence-corrected chi connectivity index (χ3v) is 4.54. The van der Waals surface area contributed by atoms with Crippen molar-refractivity contribution in [1.82, 2.24) is 0 Å². The summed E-state index contributed by atoms with van der Waals surface area (Å²) in [4.78, 5) is 33.5. The van der Waals surface area contributed by atoms with Crippen molar-refractivity contribution in [2.45, 2.75) is 19.3 Å². The van der Waals surface area contributed by atoms with E-state index in [1.807, 2.05) is 0 Å². The minimum atomic E-state index is -0.540. The van der Waals surface area contributed by atoms with E-state index in [1.165, 1.54) is 12.1 Å². The molecular weight excluding hydrogens is 424 g/mol. The lowest BCUT2D eigenvalue weighted by atomic mass is 9.86. The summed E-state index contributed by atoms with van der Waals surface area (Å²) in [6.45, 7) is -0.384. The lowest BCUT2D eigenvalue weighted by Gasteiger charge is -2.22. The number of anilines is 1. The summed E-state index contributed by atoms with van der Waals surface area (Å²) >= 11 is 6.32. The molecule has 1 saturated carbocycles. The van der Waals surface area contributed by atoms with Crippen LogP contribution in [0.2, 0.25) is 0 Å². The number of carbonyl (C=O) groups is 2. The minimum Gasteiger partial charge on any atom is -0.455 e. The number of nitrogens with one attached hydrogen (secondary N) is 1. The number of hydrogen-bond donors (Lipinski definition) is 1. The van der Waals surface area contributed by atoms with Crippen LogP contribution in [0, 0.1) is 16.0 Å². The van der Waals surface area contributed by atoms with E-state index in [0.29, 0.717) is 14.6 Å². The Balaban J connectivity index is 1.96. The number of nitrogens with zero attached hydrogens (tertiary/aromatic N) is 1. The Morgan fingerprint density at radius 3 is 2.36 bits per heavy atom. The van der Waals surface area contributed by atoms with Gasteiger partial charge in [0.05, 0.1) is 16.5 Å². The molecule has 0 atom stereocenters. The van der Waals surface area contributed by atoms with Gasteiger partial charge in [0, 0.05) is 21.1 Å². The predicted molar refractivity (Wildman–Crippen MR) is 85.4 cm³/mol. The van der Waals surface area contributed by atoms with Crippen LogP contribution in [0.25, 0.3) is 0 Å². The van der Waals surface area contributed by atoms with Gasteiger partial charge < -0.3 is 10.1 Å². The van der Waals surface area contributed by atoms with Gasteiger partial charge in [0.2, 0.25) is 0 Å². The average molecular weight is 436 g/mol. The van der Waals surface area contributed by atoms with Gasteiger partial charge in [-0.2, -0.15) is 0 Å². The molecule has 1 amide bonds. The zero-order valence-electron chi connectivity index (χ0n) is 11.3. The molecule has 1 aromatic carbocycles. The summed E-state index contributed by atoms with van der Waals surface area (Å²) in [5, 5.41) is 13.3. The number of nitro benzene ring substituents is 1. The number of benzene rings is 1. The molecule has 22 heavy (non-hydrogen) atoms. The zero-order chi connectivity index (χ0) is 16.3. The second kappa shape index (κ2) is 7.19. The van der Waals surface area contributed by atoms with E-state index in [4.69, 9.17) is 4.74 Å². The lowest BCUT2D eigenvalue weighted by molar-refractivity contribution is -0.385. The third-order valence-electron chi connectivity index (χ3n) is 3.29. The first-order valence-corrected chi connectivity index (χ1v) is 8.07. The number of amides is 1. The molecule has 0 heterocycles. The Morgan fingerprint density at radius 2 is 1.91 bits per heavy atom. The average Bonchev–Trinajstić information content (AvgIpc) is 2.38. The van der Waals surface area contributed by atoms with Gasteiger partial charge in [-0.1, -0.05) is 6.42 Å². The van der Waals surface area contributed by atoms with Crippen molar-refractivity contribution in [3.63, 3.8) is 0 Å². The van der Waals surface area contributed by atoms with Gasteiger partial charge in [0.1, 0.15) is 0 Å². The highest BCUT2D eigenvalue weighted by molar-refractivity contribution is 9.11. The van der Waals surface area contributed by atoms with E-state index in [0.717, 1.165) is 19.3 Å². The maximum absolute atomic E-state index is 11.8. The van der Waals surface area contributed by atoms with Crippen molar-refractivity contribution in [2.75, 3.05) is 11.9 Å². The maximum Gasteiger partial charge on any atom is 0.309 e. The number of non-ortho nitro benzene ring substituents is 1. The van der Waals surface area contributed by atoms with E-state index in [9.17, 15) is 19.7 Å². The van der Waals surface area contributed by atoms with Crippen LogP contribution in [-0.4, -0.2) is 23.4 Å². The van der Waals surface area contributed by atoms with Gasteiger partial charge in [-0.25, -0.2) is 0 Å². The van der Waals surface area contributed by atoms with Crippen molar-refractivity contribution in [1.29, 1.82) is 0 Å². The Bertz CT molecular complexity index is 608. The van der Waals surface area contributed by atoms with Crippen LogP contribution in [0.5, 0.6) is 0 Å². The Kier molecular flexibility index (Phi) is 5.52. The van der Waals surface area contributed by atoms with Crippen molar-refractivity contribution in [3.05, 3.63) is 31.2 Å². The van der Waals surface area contributed by atoms with E-state index in [2.05, 4.69) is 37.2 Å². The Morgan fingerprint density at radius 1 is 1.32 bits per heavy atom. The van der Waals surface area contributed by atoms with Crippen LogP contribution in [0.4, 0.5) is 11.4 Å². The van der Waals surface area contributed by atoms with Crippen molar-refractivity contribution < 1.29 is 19.2 Å². The molecule has 118 valence electrons. The fraction of sp³-hybridized carbons (Fsp3) is 0.385. The van der Waals surface area contributed by atoms with Crippen LogP contribution in [0.1, 0.15) is 19.3 Å². The summed E-state index contributed by atoms with van der Waals surface area (Å²) in [7, 11) is 0. The molecule has 0 unspecified atom stereocenters. The van der Waals surface area contributed by atoms with Crippen molar-refractivity contribution >= 4 is 55.1 Å². The highest BCUT2D eigenvalue weighted by Gasteiger charge is 2.27. The highest BCUT2D eigenvalue weighted by Crippen LogP contribution is 2.35. The molecule has 1 fully saturated rings. The van der Waals surface area contributed by atoms with Gasteiger partial charge in [-0.15, -0.1) is 0 Å². The first kappa shape index (κ1) is 16.9. The van der Waals surface area contributed by atoms with Crippen LogP contribution < -0.4 is 5.32 Å². The molecule has 0 aromatic heterocycles. The molecule has 0 aliphatic heterocycles. The first-order chi connectivity index (χ1) is 10.4. The molecule has 1 N–H and O–H groups in total. The normalized spacial score (nSPS) is 14.1. The molecule has 0 spiro atoms. The number of ether oxygens (including phenoxy) is 1. The van der Waals surface area contributed by atoms with Crippen LogP contribution in [0.15, 0.2) is 21.1 Å². The smallest absolute Gasteiger partial charge is 0.309 e. The van der Waals surface area contributed by atoms with Gasteiger partial charge in [0.15, 0.2) is 6.61 Å². The topological polar surface area (TPSA) is 98.5 Å². The fourth-order valence-corrected chi connectivity index (χ4v) is 3.22. The van der Waals surface area contributed by atoms with E-state index in [1.54, 1.807) is 0 Å². The molecule has 9 heteroatoms. The number of halogens is 2. The summed E-state index contributed by atoms with van der Waals surface area (Å²) in [5.41, 5.74) is 0.225. The molecule has 0 bridgehead atoms. The van der Waals surface area contributed by atoms with Gasteiger partial charge in [-0.05, 0) is 44.7 Å². The molecule has 1 aromatic rings. The molecular formula is C13H12Br2N2O5. The quantitative estimate of drug-likeness (QED) is 0.434. The predicted octanol–water partition coefficient (Wildman–Crippen LogP) is 3.40. The van der Waals surface area contributed by atoms with Gasteiger partial charge in [-0.3, -0.25) is 19.7 Å². The number of esters is 1. The Labute approximate surface area is 142 Å². The summed E-state index contributed by atoms with van der Waals surface area (Å²) in [6.07, 6.45) is 2.62. The maximum atomic E-state index is 11.8. The van der Waals surface area contributed by atoms with E-state index >= 15 is 0 Å². The number of hydrogen-bond acceptors (Lipinski definition) is 5. The van der Waals surface area contributed by atoms with Gasteiger partial charge in [0.25, 0.3) is 11.6 Å². The number of carbonyl (C=O) groups excluding carboxylic acids is 2. The monoisotopic (exact) mass is 434 g/mol. The fourth-order valence-electron chi connectivity index (χ4n) is 1.86. The minimum absolute atomic E-state index is 0.0920. The van der Waals surface area contributed by atoms with Gasteiger partial charge >= 0.3 is 5.97 Å². The molecule has 0 saturated heterocycles. The zero-order valence-corrected chi connectivity index (χ0v) is 14.5. The van der Waals surface area contributed by atoms with Crippen molar-refractivity contribution in [2.24, 2.45) is 5.92 Å². The van der Waals surface area contributed by atoms with Crippen LogP contribution in [0.3, 0.4) is 0 Å². The lowest BCUT2D eigenvalue weighted by Crippen LogP contribution is -2.28. The number of rotatable bonds is 5. The molecule has 1 aliphatic carbocycles.